The molecule has 3 aromatic heterocycles. The molecule has 34 heavy (non-hydrogen) atoms. The summed E-state index contributed by atoms with van der Waals surface area (Å²) in [5.74, 6) is -0.420. The van der Waals surface area contributed by atoms with Gasteiger partial charge in [0, 0.05) is 23.2 Å². The number of halogens is 1. The third-order valence-corrected chi connectivity index (χ3v) is 5.51. The molecule has 3 N–H and O–H groups in total. The van der Waals surface area contributed by atoms with Crippen molar-refractivity contribution in [2.75, 3.05) is 30.3 Å². The van der Waals surface area contributed by atoms with Crippen molar-refractivity contribution >= 4 is 22.8 Å². The lowest BCUT2D eigenvalue weighted by molar-refractivity contribution is 0.333. The number of nitrogens with one attached hydrogen (secondary N) is 3. The van der Waals surface area contributed by atoms with Crippen LogP contribution in [0.15, 0.2) is 56.1 Å². The lowest BCUT2D eigenvalue weighted by Gasteiger charge is -2.14. The summed E-state index contributed by atoms with van der Waals surface area (Å²) in [6, 6.07) is 5.42. The summed E-state index contributed by atoms with van der Waals surface area (Å²) in [6.07, 6.45) is 10.9. The highest BCUT2D eigenvalue weighted by atomic mass is 19.1. The number of H-pyrrole nitrogens is 1. The summed E-state index contributed by atoms with van der Waals surface area (Å²) in [7, 11) is 0. The summed E-state index contributed by atoms with van der Waals surface area (Å²) < 4.78 is 13.4. The van der Waals surface area contributed by atoms with E-state index in [2.05, 4.69) is 48.9 Å². The molecular weight excluding hydrogens is 429 g/mol. The monoisotopic (exact) mass is 463 g/mol. The third kappa shape index (κ3) is 6.99. The first-order valence-electron chi connectivity index (χ1n) is 11.8. The molecule has 1 aliphatic heterocycles. The summed E-state index contributed by atoms with van der Waals surface area (Å²) in [4.78, 5) is 11.0. The van der Waals surface area contributed by atoms with Crippen LogP contribution < -0.4 is 10.6 Å². The van der Waals surface area contributed by atoms with Crippen LogP contribution in [0, 0.1) is 5.82 Å². The maximum atomic E-state index is 13.4. The Hall–Kier alpha value is -3.52. The Morgan fingerprint density at radius 3 is 2.56 bits per heavy atom. The van der Waals surface area contributed by atoms with Gasteiger partial charge in [0.25, 0.3) is 0 Å². The molecule has 7 nitrogen and oxygen atoms in total. The molecule has 0 saturated carbocycles. The van der Waals surface area contributed by atoms with Gasteiger partial charge in [-0.1, -0.05) is 27.0 Å². The normalized spacial score (nSPS) is 13.1. The number of rotatable bonds is 10. The van der Waals surface area contributed by atoms with Crippen molar-refractivity contribution in [1.29, 1.82) is 0 Å². The Balaban J connectivity index is 0.00000158. The van der Waals surface area contributed by atoms with Gasteiger partial charge in [-0.25, -0.2) is 4.39 Å². The minimum atomic E-state index is -0.420. The first-order chi connectivity index (χ1) is 16.6. The summed E-state index contributed by atoms with van der Waals surface area (Å²) in [6.45, 7) is 15.7. The van der Waals surface area contributed by atoms with Crippen LogP contribution in [0.4, 0.5) is 15.8 Å². The number of hydrogen-bond acceptors (Lipinski definition) is 6. The van der Waals surface area contributed by atoms with Crippen LogP contribution in [0.2, 0.25) is 0 Å². The van der Waals surface area contributed by atoms with E-state index in [-0.39, 0.29) is 0 Å². The van der Waals surface area contributed by atoms with Gasteiger partial charge >= 0.3 is 0 Å². The molecule has 0 aromatic carbocycles. The lowest BCUT2D eigenvalue weighted by atomic mass is 10.2. The molecule has 0 radical (unpaired) electrons. The van der Waals surface area contributed by atoms with Crippen molar-refractivity contribution < 1.29 is 4.39 Å². The van der Waals surface area contributed by atoms with E-state index in [1.54, 1.807) is 12.4 Å². The van der Waals surface area contributed by atoms with Crippen LogP contribution >= 0.6 is 0 Å². The van der Waals surface area contributed by atoms with Crippen molar-refractivity contribution in [3.8, 4) is 0 Å². The number of aromatic nitrogens is 4. The molecule has 0 atom stereocenters. The summed E-state index contributed by atoms with van der Waals surface area (Å²) in [5, 5.41) is 13.4. The predicted octanol–water partition coefficient (Wildman–Crippen LogP) is 5.56. The van der Waals surface area contributed by atoms with Crippen LogP contribution in [0.25, 0.3) is 11.4 Å². The number of nitrogens with zero attached hydrogens (tertiary/aromatic N) is 4. The quantitative estimate of drug-likeness (QED) is 0.365. The standard InChI is InChI=1S/C24H28FN7.C2H6/c1-17(19-12-20(25)14-26-13-19)30-23-16-28-31-24(23)18(2)29-22-8-7-21(27-15-22)6-5-11-32-9-3-4-10-32;1-2/h7-8,12-16,29-30H,1-6,9-11H2,(H,28,31);1-2H3. The van der Waals surface area contributed by atoms with Gasteiger partial charge in [0.1, 0.15) is 11.5 Å². The topological polar surface area (TPSA) is 81.8 Å². The highest BCUT2D eigenvalue weighted by Crippen LogP contribution is 2.25. The van der Waals surface area contributed by atoms with E-state index in [4.69, 9.17) is 0 Å². The molecule has 1 fully saturated rings. The fourth-order valence-electron chi connectivity index (χ4n) is 3.80. The van der Waals surface area contributed by atoms with E-state index < -0.39 is 5.82 Å². The van der Waals surface area contributed by atoms with Gasteiger partial charge in [-0.05, 0) is 63.5 Å². The maximum absolute atomic E-state index is 13.4. The molecule has 3 aromatic rings. The zero-order chi connectivity index (χ0) is 24.3. The van der Waals surface area contributed by atoms with Gasteiger partial charge in [0.15, 0.2) is 0 Å². The average Bonchev–Trinajstić information content (AvgIpc) is 3.54. The van der Waals surface area contributed by atoms with Gasteiger partial charge in [0.2, 0.25) is 0 Å². The van der Waals surface area contributed by atoms with E-state index in [0.717, 1.165) is 37.0 Å². The molecule has 1 aliphatic rings. The summed E-state index contributed by atoms with van der Waals surface area (Å²) in [5.41, 5.74) is 4.95. The second-order valence-electron chi connectivity index (χ2n) is 7.95. The average molecular weight is 464 g/mol. The zero-order valence-electron chi connectivity index (χ0n) is 20.1. The molecule has 0 amide bonds. The first-order valence-corrected chi connectivity index (χ1v) is 11.8. The number of aryl methyl sites for hydroxylation is 1. The molecule has 1 saturated heterocycles. The SMILES string of the molecule is C=C(Nc1cn[nH]c1C(=C)Nc1ccc(CCCN2CCCC2)nc1)c1cncc(F)c1.CC. The van der Waals surface area contributed by atoms with E-state index in [0.29, 0.717) is 28.3 Å². The van der Waals surface area contributed by atoms with Crippen LogP contribution in [0.3, 0.4) is 0 Å². The van der Waals surface area contributed by atoms with E-state index >= 15 is 0 Å². The highest BCUT2D eigenvalue weighted by Gasteiger charge is 2.12. The minimum absolute atomic E-state index is 0.420. The van der Waals surface area contributed by atoms with Crippen LogP contribution in [0.1, 0.15) is 50.1 Å². The number of pyridine rings is 2. The van der Waals surface area contributed by atoms with Gasteiger partial charge in [-0.2, -0.15) is 5.10 Å². The molecule has 0 bridgehead atoms. The molecular formula is C26H34FN7. The Morgan fingerprint density at radius 1 is 1.06 bits per heavy atom. The van der Waals surface area contributed by atoms with Crippen LogP contribution in [0.5, 0.6) is 0 Å². The zero-order valence-corrected chi connectivity index (χ0v) is 20.1. The van der Waals surface area contributed by atoms with Gasteiger partial charge in [0.05, 0.1) is 35.7 Å². The summed E-state index contributed by atoms with van der Waals surface area (Å²) >= 11 is 0. The third-order valence-electron chi connectivity index (χ3n) is 5.51. The van der Waals surface area contributed by atoms with E-state index in [9.17, 15) is 4.39 Å². The largest absolute Gasteiger partial charge is 0.353 e. The van der Waals surface area contributed by atoms with Crippen LogP contribution in [-0.2, 0) is 6.42 Å². The van der Waals surface area contributed by atoms with Gasteiger partial charge < -0.3 is 15.5 Å². The fourth-order valence-corrected chi connectivity index (χ4v) is 3.80. The molecule has 0 spiro atoms. The van der Waals surface area contributed by atoms with E-state index in [1.165, 1.54) is 32.0 Å². The first kappa shape index (κ1) is 25.1. The second-order valence-corrected chi connectivity index (χ2v) is 7.95. The predicted molar refractivity (Wildman–Crippen MR) is 138 cm³/mol. The number of likely N-dealkylation sites (tertiary alicyclic amines) is 1. The van der Waals surface area contributed by atoms with Crippen molar-refractivity contribution in [3.05, 3.63) is 78.9 Å². The molecule has 0 aliphatic carbocycles. The molecule has 4 rings (SSSR count). The number of anilines is 2. The Kier molecular flexibility index (Phi) is 9.34. The smallest absolute Gasteiger partial charge is 0.142 e. The van der Waals surface area contributed by atoms with Crippen LogP contribution in [-0.4, -0.2) is 44.7 Å². The number of hydrogen-bond donors (Lipinski definition) is 3. The lowest BCUT2D eigenvalue weighted by Crippen LogP contribution is -2.20. The second kappa shape index (κ2) is 12.6. The van der Waals surface area contributed by atoms with Crippen molar-refractivity contribution in [3.63, 3.8) is 0 Å². The minimum Gasteiger partial charge on any atom is -0.353 e. The Labute approximate surface area is 201 Å². The molecule has 0 unspecified atom stereocenters. The van der Waals surface area contributed by atoms with Crippen molar-refractivity contribution in [1.82, 2.24) is 25.1 Å². The van der Waals surface area contributed by atoms with Crippen molar-refractivity contribution in [2.24, 2.45) is 0 Å². The van der Waals surface area contributed by atoms with Gasteiger partial charge in [-0.15, -0.1) is 0 Å². The fraction of sp³-hybridized carbons (Fsp3) is 0.346. The van der Waals surface area contributed by atoms with Crippen molar-refractivity contribution in [2.45, 2.75) is 39.5 Å². The molecule has 8 heteroatoms. The van der Waals surface area contributed by atoms with Gasteiger partial charge in [-0.3, -0.25) is 15.1 Å². The Bertz CT molecular complexity index is 1070. The molecule has 4 heterocycles. The Morgan fingerprint density at radius 2 is 1.85 bits per heavy atom. The van der Waals surface area contributed by atoms with E-state index in [1.807, 2.05) is 32.2 Å². The molecule has 180 valence electrons. The number of aromatic amines is 1. The maximum Gasteiger partial charge on any atom is 0.142 e. The highest BCUT2D eigenvalue weighted by molar-refractivity contribution is 5.84.